The predicted octanol–water partition coefficient (Wildman–Crippen LogP) is 3.60. The number of rotatable bonds is 6. The van der Waals surface area contributed by atoms with Crippen molar-refractivity contribution in [2.24, 2.45) is 0 Å². The number of fused-ring (bicyclic) bond motifs is 2. The molecule has 2 aliphatic rings. The Morgan fingerprint density at radius 2 is 1.71 bits per heavy atom. The molecule has 9 heteroatoms. The van der Waals surface area contributed by atoms with Crippen LogP contribution in [0.4, 0.5) is 20.2 Å². The Balaban J connectivity index is 1.42. The number of carbonyl (C=O) groups excluding carboxylic acids is 3. The van der Waals surface area contributed by atoms with E-state index in [0.717, 1.165) is 29.5 Å². The molecule has 5 rings (SSSR count). The first-order valence-electron chi connectivity index (χ1n) is 11.1. The average Bonchev–Trinajstić information content (AvgIpc) is 3.32. The van der Waals surface area contributed by atoms with Crippen molar-refractivity contribution in [3.8, 4) is 0 Å². The van der Waals surface area contributed by atoms with Gasteiger partial charge in [-0.1, -0.05) is 48.5 Å². The summed E-state index contributed by atoms with van der Waals surface area (Å²) >= 11 is 1.11. The number of halogens is 2. The van der Waals surface area contributed by atoms with E-state index in [1.807, 2.05) is 30.3 Å². The standard InChI is InChI=1S/C26H21F2N3O3S/c27-20-11-10-18(14-21(20)28)31-24(33)16-35-26(31)19-8-4-5-9-22(19)30(25(26)34)15-23(32)29-13-12-17-6-2-1-3-7-17/h1-11,14H,12-13,15-16H2,(H,29,32)/t26-/m0/s1. The van der Waals surface area contributed by atoms with Crippen molar-refractivity contribution in [3.63, 3.8) is 0 Å². The zero-order valence-electron chi connectivity index (χ0n) is 18.5. The molecule has 0 saturated carbocycles. The smallest absolute Gasteiger partial charge is 0.269 e. The van der Waals surface area contributed by atoms with Crippen LogP contribution in [0.25, 0.3) is 0 Å². The van der Waals surface area contributed by atoms with Crippen LogP contribution in [0.15, 0.2) is 72.8 Å². The number of hydrogen-bond donors (Lipinski definition) is 1. The fraction of sp³-hybridized carbons (Fsp3) is 0.192. The third kappa shape index (κ3) is 3.95. The van der Waals surface area contributed by atoms with E-state index in [1.54, 1.807) is 24.3 Å². The molecule has 0 aliphatic carbocycles. The van der Waals surface area contributed by atoms with Crippen LogP contribution in [0.5, 0.6) is 0 Å². The van der Waals surface area contributed by atoms with E-state index >= 15 is 0 Å². The Bertz CT molecular complexity index is 1320. The molecule has 6 nitrogen and oxygen atoms in total. The summed E-state index contributed by atoms with van der Waals surface area (Å²) in [5, 5.41) is 2.84. The summed E-state index contributed by atoms with van der Waals surface area (Å²) in [7, 11) is 0. The third-order valence-electron chi connectivity index (χ3n) is 6.11. The molecule has 178 valence electrons. The first kappa shape index (κ1) is 23.0. The SMILES string of the molecule is O=C(CN1C(=O)[C@@]2(SCC(=O)N2c2ccc(F)c(F)c2)c2ccccc21)NCCc1ccccc1. The second-order valence-corrected chi connectivity index (χ2v) is 9.42. The lowest BCUT2D eigenvalue weighted by Gasteiger charge is -2.33. The number of thioether (sulfide) groups is 1. The van der Waals surface area contributed by atoms with E-state index in [1.165, 1.54) is 15.9 Å². The van der Waals surface area contributed by atoms with Gasteiger partial charge < -0.3 is 5.32 Å². The summed E-state index contributed by atoms with van der Waals surface area (Å²) < 4.78 is 27.6. The topological polar surface area (TPSA) is 69.7 Å². The number of carbonyl (C=O) groups is 3. The fourth-order valence-electron chi connectivity index (χ4n) is 4.53. The molecule has 3 amide bonds. The molecule has 0 unspecified atom stereocenters. The minimum absolute atomic E-state index is 0.0177. The number of benzene rings is 3. The van der Waals surface area contributed by atoms with E-state index in [9.17, 15) is 23.2 Å². The maximum absolute atomic E-state index is 14.0. The number of nitrogens with zero attached hydrogens (tertiary/aromatic N) is 2. The molecule has 1 atom stereocenters. The van der Waals surface area contributed by atoms with Crippen LogP contribution in [0.1, 0.15) is 11.1 Å². The van der Waals surface area contributed by atoms with Gasteiger partial charge in [-0.05, 0) is 30.2 Å². The summed E-state index contributed by atoms with van der Waals surface area (Å²) in [6, 6.07) is 19.8. The summed E-state index contributed by atoms with van der Waals surface area (Å²) in [5.74, 6) is -3.40. The molecule has 0 radical (unpaired) electrons. The van der Waals surface area contributed by atoms with Gasteiger partial charge in [-0.2, -0.15) is 0 Å². The number of amides is 3. The third-order valence-corrected chi connectivity index (χ3v) is 7.49. The van der Waals surface area contributed by atoms with Crippen LogP contribution < -0.4 is 15.1 Å². The van der Waals surface area contributed by atoms with Crippen LogP contribution in [0, 0.1) is 11.6 Å². The van der Waals surface area contributed by atoms with E-state index in [0.29, 0.717) is 24.2 Å². The van der Waals surface area contributed by atoms with Gasteiger partial charge in [-0.3, -0.25) is 24.2 Å². The van der Waals surface area contributed by atoms with Gasteiger partial charge in [0.1, 0.15) is 6.54 Å². The zero-order chi connectivity index (χ0) is 24.6. The molecule has 1 N–H and O–H groups in total. The van der Waals surface area contributed by atoms with Crippen molar-refractivity contribution in [3.05, 3.63) is 95.6 Å². The van der Waals surface area contributed by atoms with Gasteiger partial charge in [0.15, 0.2) is 11.6 Å². The zero-order valence-corrected chi connectivity index (χ0v) is 19.4. The maximum atomic E-state index is 14.0. The summed E-state index contributed by atoms with van der Waals surface area (Å²) in [4.78, 5) is 40.6. The van der Waals surface area contributed by atoms with Crippen molar-refractivity contribution in [2.45, 2.75) is 11.3 Å². The van der Waals surface area contributed by atoms with Crippen LogP contribution in [-0.2, 0) is 25.7 Å². The summed E-state index contributed by atoms with van der Waals surface area (Å²) in [6.07, 6.45) is 0.648. The highest BCUT2D eigenvalue weighted by atomic mass is 32.2. The lowest BCUT2D eigenvalue weighted by molar-refractivity contribution is -0.125. The normalized spacial score (nSPS) is 18.9. The Hall–Kier alpha value is -3.72. The Morgan fingerprint density at radius 3 is 2.49 bits per heavy atom. The van der Waals surface area contributed by atoms with Gasteiger partial charge in [0.2, 0.25) is 16.7 Å². The highest BCUT2D eigenvalue weighted by Gasteiger charge is 2.61. The van der Waals surface area contributed by atoms with Gasteiger partial charge in [-0.25, -0.2) is 8.78 Å². The van der Waals surface area contributed by atoms with Crippen molar-refractivity contribution in [1.82, 2.24) is 5.32 Å². The van der Waals surface area contributed by atoms with Crippen molar-refractivity contribution >= 4 is 40.9 Å². The first-order chi connectivity index (χ1) is 16.9. The molecule has 1 spiro atoms. The van der Waals surface area contributed by atoms with E-state index in [-0.39, 0.29) is 23.9 Å². The maximum Gasteiger partial charge on any atom is 0.269 e. The number of para-hydroxylation sites is 1. The Morgan fingerprint density at radius 1 is 0.971 bits per heavy atom. The summed E-state index contributed by atoms with van der Waals surface area (Å²) in [6.45, 7) is 0.179. The van der Waals surface area contributed by atoms with Gasteiger partial charge in [-0.15, -0.1) is 11.8 Å². The number of hydrogen-bond acceptors (Lipinski definition) is 4. The second-order valence-electron chi connectivity index (χ2n) is 8.25. The van der Waals surface area contributed by atoms with Crippen molar-refractivity contribution in [2.75, 3.05) is 28.6 Å². The van der Waals surface area contributed by atoms with Gasteiger partial charge in [0.25, 0.3) is 5.91 Å². The van der Waals surface area contributed by atoms with Gasteiger partial charge in [0.05, 0.1) is 11.4 Å². The quantitative estimate of drug-likeness (QED) is 0.570. The largest absolute Gasteiger partial charge is 0.354 e. The van der Waals surface area contributed by atoms with Crippen LogP contribution >= 0.6 is 11.8 Å². The molecule has 1 fully saturated rings. The summed E-state index contributed by atoms with van der Waals surface area (Å²) in [5.41, 5.74) is 2.20. The first-order valence-corrected chi connectivity index (χ1v) is 12.0. The lowest BCUT2D eigenvalue weighted by Crippen LogP contribution is -2.51. The molecule has 35 heavy (non-hydrogen) atoms. The van der Waals surface area contributed by atoms with E-state index in [2.05, 4.69) is 5.32 Å². The molecule has 2 heterocycles. The number of anilines is 2. The highest BCUT2D eigenvalue weighted by molar-refractivity contribution is 8.02. The van der Waals surface area contributed by atoms with Crippen LogP contribution in [0.3, 0.4) is 0 Å². The van der Waals surface area contributed by atoms with E-state index < -0.39 is 28.3 Å². The molecule has 0 bridgehead atoms. The number of nitrogens with one attached hydrogen (secondary N) is 1. The predicted molar refractivity (Wildman–Crippen MR) is 130 cm³/mol. The Kier molecular flexibility index (Phi) is 6.02. The molecule has 3 aromatic rings. The minimum atomic E-state index is -1.50. The molecule has 0 aromatic heterocycles. The monoisotopic (exact) mass is 493 g/mol. The molecular formula is C26H21F2N3O3S. The molecule has 1 saturated heterocycles. The Labute approximate surface area is 204 Å². The average molecular weight is 494 g/mol. The fourth-order valence-corrected chi connectivity index (χ4v) is 5.89. The lowest BCUT2D eigenvalue weighted by atomic mass is 10.0. The molecule has 2 aliphatic heterocycles. The second kappa shape index (κ2) is 9.14. The minimum Gasteiger partial charge on any atom is -0.354 e. The van der Waals surface area contributed by atoms with E-state index in [4.69, 9.17) is 0 Å². The van der Waals surface area contributed by atoms with Crippen molar-refractivity contribution < 1.29 is 23.2 Å². The van der Waals surface area contributed by atoms with Gasteiger partial charge >= 0.3 is 0 Å². The van der Waals surface area contributed by atoms with Gasteiger partial charge in [0, 0.05) is 23.9 Å². The molecule has 3 aromatic carbocycles. The van der Waals surface area contributed by atoms with Crippen molar-refractivity contribution in [1.29, 1.82) is 0 Å². The van der Waals surface area contributed by atoms with Crippen LogP contribution in [0.2, 0.25) is 0 Å². The van der Waals surface area contributed by atoms with Crippen LogP contribution in [-0.4, -0.2) is 36.6 Å². The molecular weight excluding hydrogens is 472 g/mol. The highest BCUT2D eigenvalue weighted by Crippen LogP contribution is 2.55.